The SMILES string of the molecule is COc1cc(NC(=O)C(CCC(=O)O)NC(=O)OCC2c3ccccc3-c3ccccc32)sn1. The van der Waals surface area contributed by atoms with Crippen molar-refractivity contribution >= 4 is 34.5 Å². The molecule has 1 aliphatic rings. The van der Waals surface area contributed by atoms with Crippen molar-refractivity contribution in [1.29, 1.82) is 0 Å². The van der Waals surface area contributed by atoms with Gasteiger partial charge in [0.15, 0.2) is 0 Å². The summed E-state index contributed by atoms with van der Waals surface area (Å²) in [4.78, 5) is 36.4. The van der Waals surface area contributed by atoms with E-state index in [0.29, 0.717) is 10.9 Å². The number of anilines is 1. The molecule has 2 amide bonds. The predicted octanol–water partition coefficient (Wildman–Crippen LogP) is 3.86. The summed E-state index contributed by atoms with van der Waals surface area (Å²) in [5.74, 6) is -1.44. The van der Waals surface area contributed by atoms with Gasteiger partial charge in [-0.25, -0.2) is 4.79 Å². The number of alkyl carbamates (subject to hydrolysis) is 1. The number of amides is 2. The molecule has 1 aliphatic carbocycles. The van der Waals surface area contributed by atoms with Gasteiger partial charge in [0.05, 0.1) is 7.11 Å². The van der Waals surface area contributed by atoms with Crippen molar-refractivity contribution in [3.05, 3.63) is 65.7 Å². The van der Waals surface area contributed by atoms with Crippen LogP contribution in [0.2, 0.25) is 0 Å². The minimum absolute atomic E-state index is 0.0825. The second-order valence-corrected chi connectivity index (χ2v) is 8.48. The molecule has 3 aromatic rings. The number of aromatic nitrogens is 1. The molecule has 9 nitrogen and oxygen atoms in total. The van der Waals surface area contributed by atoms with Crippen molar-refractivity contribution in [2.24, 2.45) is 0 Å². The highest BCUT2D eigenvalue weighted by Crippen LogP contribution is 2.44. The number of fused-ring (bicyclic) bond motifs is 3. The average molecular weight is 482 g/mol. The van der Waals surface area contributed by atoms with Gasteiger partial charge in [-0.05, 0) is 40.2 Å². The van der Waals surface area contributed by atoms with Crippen LogP contribution >= 0.6 is 11.5 Å². The minimum Gasteiger partial charge on any atom is -0.481 e. The highest BCUT2D eigenvalue weighted by molar-refractivity contribution is 7.10. The number of rotatable bonds is 9. The number of benzene rings is 2. The molecule has 10 heteroatoms. The van der Waals surface area contributed by atoms with E-state index in [-0.39, 0.29) is 25.4 Å². The molecule has 1 heterocycles. The van der Waals surface area contributed by atoms with Crippen LogP contribution in [-0.2, 0) is 14.3 Å². The Morgan fingerprint density at radius 3 is 2.32 bits per heavy atom. The van der Waals surface area contributed by atoms with Crippen LogP contribution in [0.15, 0.2) is 54.6 Å². The fourth-order valence-corrected chi connectivity index (χ4v) is 4.56. The Labute approximate surface area is 199 Å². The molecule has 34 heavy (non-hydrogen) atoms. The van der Waals surface area contributed by atoms with Crippen LogP contribution in [0.5, 0.6) is 5.88 Å². The average Bonchev–Trinajstić information content (AvgIpc) is 3.42. The molecule has 0 radical (unpaired) electrons. The van der Waals surface area contributed by atoms with Gasteiger partial charge in [-0.1, -0.05) is 48.5 Å². The maximum atomic E-state index is 12.7. The maximum Gasteiger partial charge on any atom is 0.407 e. The molecule has 1 unspecified atom stereocenters. The fourth-order valence-electron chi connectivity index (χ4n) is 3.94. The Morgan fingerprint density at radius 1 is 1.09 bits per heavy atom. The number of hydrogen-bond acceptors (Lipinski definition) is 7. The first-order valence-corrected chi connectivity index (χ1v) is 11.4. The van der Waals surface area contributed by atoms with Crippen molar-refractivity contribution in [3.63, 3.8) is 0 Å². The van der Waals surface area contributed by atoms with E-state index < -0.39 is 24.0 Å². The molecule has 0 saturated heterocycles. The third-order valence-electron chi connectivity index (χ3n) is 5.54. The van der Waals surface area contributed by atoms with Gasteiger partial charge in [-0.3, -0.25) is 9.59 Å². The van der Waals surface area contributed by atoms with E-state index in [2.05, 4.69) is 15.0 Å². The van der Waals surface area contributed by atoms with Crippen molar-refractivity contribution in [2.45, 2.75) is 24.8 Å². The van der Waals surface area contributed by atoms with Gasteiger partial charge in [0.2, 0.25) is 11.8 Å². The standard InChI is InChI=1S/C24H23N3O6S/c1-32-20-12-21(34-27-20)26-23(30)19(10-11-22(28)29)25-24(31)33-13-18-16-8-4-2-6-14(16)15-7-3-5-9-17(15)18/h2-9,12,18-19H,10-11,13H2,1H3,(H,25,31)(H,26,30)(H,28,29). The van der Waals surface area contributed by atoms with Crippen LogP contribution in [-0.4, -0.2) is 47.2 Å². The Bertz CT molecular complexity index is 1170. The van der Waals surface area contributed by atoms with Crippen molar-refractivity contribution < 1.29 is 29.0 Å². The van der Waals surface area contributed by atoms with Gasteiger partial charge in [0.25, 0.3) is 0 Å². The van der Waals surface area contributed by atoms with Gasteiger partial charge in [-0.15, -0.1) is 0 Å². The molecule has 0 fully saturated rings. The zero-order chi connectivity index (χ0) is 24.1. The molecule has 176 valence electrons. The Hall–Kier alpha value is -3.92. The minimum atomic E-state index is -1.10. The van der Waals surface area contributed by atoms with Crippen molar-refractivity contribution in [1.82, 2.24) is 9.69 Å². The van der Waals surface area contributed by atoms with E-state index in [1.165, 1.54) is 13.2 Å². The summed E-state index contributed by atoms with van der Waals surface area (Å²) in [5.41, 5.74) is 4.34. The number of methoxy groups -OCH3 is 1. The number of ether oxygens (including phenoxy) is 2. The number of nitrogens with one attached hydrogen (secondary N) is 2. The predicted molar refractivity (Wildman–Crippen MR) is 126 cm³/mol. The normalized spacial score (nSPS) is 12.9. The third kappa shape index (κ3) is 5.18. The molecule has 0 aliphatic heterocycles. The number of carbonyl (C=O) groups excluding carboxylic acids is 2. The number of carbonyl (C=O) groups is 3. The molecule has 3 N–H and O–H groups in total. The topological polar surface area (TPSA) is 127 Å². The van der Waals surface area contributed by atoms with Crippen LogP contribution in [0.1, 0.15) is 29.9 Å². The first-order chi connectivity index (χ1) is 16.5. The molecule has 1 atom stereocenters. The van der Waals surface area contributed by atoms with Gasteiger partial charge in [-0.2, -0.15) is 4.37 Å². The lowest BCUT2D eigenvalue weighted by atomic mass is 9.98. The van der Waals surface area contributed by atoms with E-state index in [0.717, 1.165) is 33.8 Å². The van der Waals surface area contributed by atoms with Gasteiger partial charge < -0.3 is 25.2 Å². The Kier molecular flexibility index (Phi) is 7.07. The molecule has 0 spiro atoms. The van der Waals surface area contributed by atoms with Crippen LogP contribution in [0.25, 0.3) is 11.1 Å². The summed E-state index contributed by atoms with van der Waals surface area (Å²) in [7, 11) is 1.45. The second kappa shape index (κ2) is 10.3. The highest BCUT2D eigenvalue weighted by Gasteiger charge is 2.30. The molecule has 1 aromatic heterocycles. The Morgan fingerprint density at radius 2 is 1.74 bits per heavy atom. The lowest BCUT2D eigenvalue weighted by Crippen LogP contribution is -2.44. The molecule has 2 aromatic carbocycles. The quantitative estimate of drug-likeness (QED) is 0.423. The van der Waals surface area contributed by atoms with E-state index in [1.54, 1.807) is 0 Å². The Balaban J connectivity index is 1.41. The maximum absolute atomic E-state index is 12.7. The van der Waals surface area contributed by atoms with Crippen LogP contribution < -0.4 is 15.4 Å². The molecule has 4 rings (SSSR count). The van der Waals surface area contributed by atoms with Gasteiger partial charge in [0, 0.05) is 18.4 Å². The molecule has 0 bridgehead atoms. The van der Waals surface area contributed by atoms with Crippen LogP contribution in [0.4, 0.5) is 9.80 Å². The lowest BCUT2D eigenvalue weighted by molar-refractivity contribution is -0.137. The first-order valence-electron chi connectivity index (χ1n) is 10.6. The van der Waals surface area contributed by atoms with E-state index in [4.69, 9.17) is 14.6 Å². The van der Waals surface area contributed by atoms with Gasteiger partial charge in [0.1, 0.15) is 17.6 Å². The monoisotopic (exact) mass is 481 g/mol. The highest BCUT2D eigenvalue weighted by atomic mass is 32.1. The molecular formula is C24H23N3O6S. The smallest absolute Gasteiger partial charge is 0.407 e. The number of nitrogens with zero attached hydrogens (tertiary/aromatic N) is 1. The number of carboxylic acids is 1. The van der Waals surface area contributed by atoms with Crippen LogP contribution in [0, 0.1) is 0 Å². The van der Waals surface area contributed by atoms with Gasteiger partial charge >= 0.3 is 12.1 Å². The first kappa shape index (κ1) is 23.2. The summed E-state index contributed by atoms with van der Waals surface area (Å²) in [6.45, 7) is 0.0825. The van der Waals surface area contributed by atoms with Crippen molar-refractivity contribution in [2.75, 3.05) is 19.0 Å². The van der Waals surface area contributed by atoms with E-state index in [9.17, 15) is 14.4 Å². The molecule has 0 saturated carbocycles. The number of hydrogen-bond donors (Lipinski definition) is 3. The third-order valence-corrected chi connectivity index (χ3v) is 6.23. The lowest BCUT2D eigenvalue weighted by Gasteiger charge is -2.19. The zero-order valence-corrected chi connectivity index (χ0v) is 19.1. The number of aliphatic carboxylic acids is 1. The largest absolute Gasteiger partial charge is 0.481 e. The summed E-state index contributed by atoms with van der Waals surface area (Å²) in [5, 5.41) is 14.6. The van der Waals surface area contributed by atoms with E-state index in [1.807, 2.05) is 48.5 Å². The summed E-state index contributed by atoms with van der Waals surface area (Å²) >= 11 is 1.01. The molecular weight excluding hydrogens is 458 g/mol. The summed E-state index contributed by atoms with van der Waals surface area (Å²) in [6.07, 6.45) is -1.19. The summed E-state index contributed by atoms with van der Waals surface area (Å²) in [6, 6.07) is 16.3. The fraction of sp³-hybridized carbons (Fsp3) is 0.250. The second-order valence-electron chi connectivity index (χ2n) is 7.68. The number of carboxylic acid groups (broad SMARTS) is 1. The summed E-state index contributed by atoms with van der Waals surface area (Å²) < 4.78 is 14.5. The zero-order valence-electron chi connectivity index (χ0n) is 18.3. The van der Waals surface area contributed by atoms with Crippen molar-refractivity contribution in [3.8, 4) is 17.0 Å². The van der Waals surface area contributed by atoms with Crippen LogP contribution in [0.3, 0.4) is 0 Å². The van der Waals surface area contributed by atoms with E-state index >= 15 is 0 Å².